The third kappa shape index (κ3) is 5.98. The van der Waals surface area contributed by atoms with E-state index in [2.05, 4.69) is 179 Å². The molecule has 0 saturated heterocycles. The van der Waals surface area contributed by atoms with E-state index in [1.54, 1.807) is 0 Å². The standard InChI is InChI=1S/C30H20N2.C18H17N2.Ir/c1-5-16-27-23(12-1)24-13-2-6-17-28(24)31(27)21-10-9-11-22(20-21)32-29-18-7-3-14-25(29)26-15-4-8-19-30(26)32;1-13-11-14(2)17(15(3)12-13)20-10-9-19-18(20)16-7-5-4-6-8-16;/h1-20H;4-7,9-12H,1-3H3;/q;-1;. The van der Waals surface area contributed by atoms with E-state index in [1.165, 1.54) is 77.4 Å². The molecule has 53 heavy (non-hydrogen) atoms. The molecule has 0 unspecified atom stereocenters. The first-order valence-corrected chi connectivity index (χ1v) is 17.7. The number of fused-ring (bicyclic) bond motifs is 6. The summed E-state index contributed by atoms with van der Waals surface area (Å²) >= 11 is 0. The van der Waals surface area contributed by atoms with Crippen molar-refractivity contribution >= 4 is 43.6 Å². The Bertz CT molecular complexity index is 2630. The Labute approximate surface area is 322 Å². The van der Waals surface area contributed by atoms with Gasteiger partial charge in [-0.3, -0.25) is 4.98 Å². The van der Waals surface area contributed by atoms with Gasteiger partial charge in [0, 0.05) is 71.1 Å². The molecule has 5 heteroatoms. The van der Waals surface area contributed by atoms with Crippen molar-refractivity contribution in [3.8, 4) is 28.5 Å². The summed E-state index contributed by atoms with van der Waals surface area (Å²) in [6, 6.07) is 59.1. The Morgan fingerprint density at radius 1 is 0.491 bits per heavy atom. The number of aryl methyl sites for hydroxylation is 3. The second-order valence-corrected chi connectivity index (χ2v) is 13.4. The van der Waals surface area contributed by atoms with Gasteiger partial charge in [-0.15, -0.1) is 35.9 Å². The van der Waals surface area contributed by atoms with Gasteiger partial charge in [0.05, 0.1) is 27.9 Å². The molecule has 0 amide bonds. The maximum Gasteiger partial charge on any atom is 0.0602 e. The number of aromatic nitrogens is 4. The van der Waals surface area contributed by atoms with Gasteiger partial charge in [-0.05, 0) is 74.4 Å². The predicted octanol–water partition coefficient (Wildman–Crippen LogP) is 12.1. The molecule has 0 N–H and O–H groups in total. The number of para-hydroxylation sites is 4. The number of rotatable bonds is 4. The summed E-state index contributed by atoms with van der Waals surface area (Å²) in [5.41, 5.74) is 13.3. The van der Waals surface area contributed by atoms with Gasteiger partial charge in [0.15, 0.2) is 0 Å². The van der Waals surface area contributed by atoms with Crippen molar-refractivity contribution < 1.29 is 20.1 Å². The quantitative estimate of drug-likeness (QED) is 0.162. The molecule has 3 aromatic heterocycles. The smallest absolute Gasteiger partial charge is 0.0602 e. The monoisotopic (exact) mass is 862 g/mol. The largest absolute Gasteiger partial charge is 0.340 e. The molecule has 3 heterocycles. The van der Waals surface area contributed by atoms with Crippen LogP contribution in [0.5, 0.6) is 0 Å². The molecule has 1 radical (unpaired) electrons. The van der Waals surface area contributed by atoms with Crippen LogP contribution < -0.4 is 0 Å². The van der Waals surface area contributed by atoms with E-state index in [4.69, 9.17) is 0 Å². The van der Waals surface area contributed by atoms with Crippen LogP contribution in [0, 0.1) is 26.8 Å². The minimum atomic E-state index is 0. The SMILES string of the molecule is Cc1cc(C)c(-n2ccnc2-c2[c-]cccc2)c(C)c1.[Ir].c1cc(-n2c3ccccc3c3ccccc32)cc(-n2c3ccccc3c3ccccc32)c1. The molecule has 0 spiro atoms. The van der Waals surface area contributed by atoms with Gasteiger partial charge in [-0.1, -0.05) is 96.6 Å². The molecular weight excluding hydrogens is 825 g/mol. The minimum Gasteiger partial charge on any atom is -0.340 e. The fourth-order valence-corrected chi connectivity index (χ4v) is 7.94. The van der Waals surface area contributed by atoms with E-state index < -0.39 is 0 Å². The average molecular weight is 862 g/mol. The Kier molecular flexibility index (Phi) is 9.14. The molecule has 7 aromatic carbocycles. The summed E-state index contributed by atoms with van der Waals surface area (Å²) in [4.78, 5) is 4.50. The summed E-state index contributed by atoms with van der Waals surface area (Å²) in [6.07, 6.45) is 3.86. The van der Waals surface area contributed by atoms with Gasteiger partial charge in [0.2, 0.25) is 0 Å². The van der Waals surface area contributed by atoms with Crippen molar-refractivity contribution in [1.29, 1.82) is 0 Å². The van der Waals surface area contributed by atoms with E-state index >= 15 is 0 Å². The topological polar surface area (TPSA) is 27.7 Å². The molecule has 10 rings (SSSR count). The summed E-state index contributed by atoms with van der Waals surface area (Å²) in [6.45, 7) is 6.42. The molecule has 259 valence electrons. The second-order valence-electron chi connectivity index (χ2n) is 13.4. The Morgan fingerprint density at radius 2 is 0.943 bits per heavy atom. The molecular formula is C48H37IrN4-. The number of hydrogen-bond acceptors (Lipinski definition) is 1. The zero-order valence-electron chi connectivity index (χ0n) is 29.8. The van der Waals surface area contributed by atoms with E-state index in [0.29, 0.717) is 0 Å². The molecule has 0 fully saturated rings. The van der Waals surface area contributed by atoms with E-state index in [9.17, 15) is 0 Å². The van der Waals surface area contributed by atoms with Crippen LogP contribution in [0.2, 0.25) is 0 Å². The van der Waals surface area contributed by atoms with Gasteiger partial charge in [-0.2, -0.15) is 0 Å². The van der Waals surface area contributed by atoms with Crippen molar-refractivity contribution in [1.82, 2.24) is 18.7 Å². The van der Waals surface area contributed by atoms with Crippen LogP contribution in [0.3, 0.4) is 0 Å². The van der Waals surface area contributed by atoms with E-state index in [1.807, 2.05) is 36.7 Å². The molecule has 0 aliphatic heterocycles. The third-order valence-corrected chi connectivity index (χ3v) is 9.97. The Balaban J connectivity index is 0.000000165. The maximum absolute atomic E-state index is 4.50. The Hall–Kier alpha value is -6.00. The first-order valence-electron chi connectivity index (χ1n) is 17.7. The van der Waals surface area contributed by atoms with Crippen molar-refractivity contribution in [3.63, 3.8) is 0 Å². The molecule has 0 saturated carbocycles. The Morgan fingerprint density at radius 3 is 1.40 bits per heavy atom. The molecule has 0 aliphatic rings. The zero-order chi connectivity index (χ0) is 35.2. The van der Waals surface area contributed by atoms with Crippen LogP contribution in [-0.2, 0) is 20.1 Å². The fourth-order valence-electron chi connectivity index (χ4n) is 7.94. The number of benzene rings is 7. The van der Waals surface area contributed by atoms with Crippen molar-refractivity contribution in [2.24, 2.45) is 0 Å². The van der Waals surface area contributed by atoms with Crippen molar-refractivity contribution in [3.05, 3.63) is 193 Å². The first-order chi connectivity index (χ1) is 25.6. The summed E-state index contributed by atoms with van der Waals surface area (Å²) in [7, 11) is 0. The predicted molar refractivity (Wildman–Crippen MR) is 217 cm³/mol. The summed E-state index contributed by atoms with van der Waals surface area (Å²) in [5, 5.41) is 5.13. The van der Waals surface area contributed by atoms with Gasteiger partial charge in [-0.25, -0.2) is 0 Å². The molecule has 0 atom stereocenters. The summed E-state index contributed by atoms with van der Waals surface area (Å²) < 4.78 is 6.90. The molecule has 0 bridgehead atoms. The van der Waals surface area contributed by atoms with Crippen LogP contribution in [0.4, 0.5) is 0 Å². The van der Waals surface area contributed by atoms with Crippen LogP contribution in [0.1, 0.15) is 16.7 Å². The second kappa shape index (κ2) is 14.2. The minimum absolute atomic E-state index is 0. The van der Waals surface area contributed by atoms with Gasteiger partial charge in [0.1, 0.15) is 0 Å². The fraction of sp³-hybridized carbons (Fsp3) is 0.0625. The van der Waals surface area contributed by atoms with Crippen LogP contribution in [0.25, 0.3) is 72.1 Å². The normalized spacial score (nSPS) is 11.2. The van der Waals surface area contributed by atoms with Gasteiger partial charge in [0.25, 0.3) is 0 Å². The first kappa shape index (κ1) is 34.1. The van der Waals surface area contributed by atoms with Crippen LogP contribution in [0.15, 0.2) is 170 Å². The summed E-state index contributed by atoms with van der Waals surface area (Å²) in [5.74, 6) is 0.931. The van der Waals surface area contributed by atoms with Gasteiger partial charge < -0.3 is 13.7 Å². The van der Waals surface area contributed by atoms with Crippen molar-refractivity contribution in [2.45, 2.75) is 20.8 Å². The molecule has 10 aromatic rings. The molecule has 4 nitrogen and oxygen atoms in total. The number of nitrogens with zero attached hydrogens (tertiary/aromatic N) is 4. The van der Waals surface area contributed by atoms with Gasteiger partial charge >= 0.3 is 0 Å². The number of hydrogen-bond donors (Lipinski definition) is 0. The van der Waals surface area contributed by atoms with E-state index in [0.717, 1.165) is 11.4 Å². The van der Waals surface area contributed by atoms with Crippen LogP contribution >= 0.6 is 0 Å². The number of imidazole rings is 1. The van der Waals surface area contributed by atoms with E-state index in [-0.39, 0.29) is 20.1 Å². The van der Waals surface area contributed by atoms with Crippen molar-refractivity contribution in [2.75, 3.05) is 0 Å². The zero-order valence-corrected chi connectivity index (χ0v) is 32.2. The third-order valence-electron chi connectivity index (χ3n) is 9.97. The maximum atomic E-state index is 4.50. The van der Waals surface area contributed by atoms with Crippen LogP contribution in [-0.4, -0.2) is 18.7 Å². The average Bonchev–Trinajstić information content (AvgIpc) is 3.88. The molecule has 0 aliphatic carbocycles.